The van der Waals surface area contributed by atoms with Crippen LogP contribution in [0.2, 0.25) is 0 Å². The Kier molecular flexibility index (Phi) is 4.45. The van der Waals surface area contributed by atoms with Crippen molar-refractivity contribution in [3.05, 3.63) is 11.8 Å². The van der Waals surface area contributed by atoms with Gasteiger partial charge in [0.1, 0.15) is 5.82 Å². The number of nitrogens with zero attached hydrogens (tertiary/aromatic N) is 4. The number of anilines is 2. The van der Waals surface area contributed by atoms with E-state index in [-0.39, 0.29) is 5.91 Å². The van der Waals surface area contributed by atoms with Crippen LogP contribution < -0.4 is 10.2 Å². The minimum Gasteiger partial charge on any atom is -0.367 e. The largest absolute Gasteiger partial charge is 0.367 e. The molecule has 1 aromatic rings. The Labute approximate surface area is 131 Å². The van der Waals surface area contributed by atoms with Gasteiger partial charge in [0.05, 0.1) is 0 Å². The van der Waals surface area contributed by atoms with Crippen molar-refractivity contribution in [2.75, 3.05) is 36.4 Å². The molecule has 2 fully saturated rings. The van der Waals surface area contributed by atoms with E-state index in [2.05, 4.69) is 15.2 Å². The summed E-state index contributed by atoms with van der Waals surface area (Å²) < 4.78 is 0. The van der Waals surface area contributed by atoms with Gasteiger partial charge in [-0.25, -0.2) is 4.98 Å². The lowest BCUT2D eigenvalue weighted by molar-refractivity contribution is -0.129. The maximum atomic E-state index is 11.4. The molecule has 1 N–H and O–H groups in total. The van der Waals surface area contributed by atoms with E-state index in [0.717, 1.165) is 43.6 Å². The molecule has 0 unspecified atom stereocenters. The van der Waals surface area contributed by atoms with Crippen molar-refractivity contribution >= 4 is 17.7 Å². The Bertz CT molecular complexity index is 533. The topological polar surface area (TPSA) is 61.4 Å². The second-order valence-electron chi connectivity index (χ2n) is 6.31. The van der Waals surface area contributed by atoms with Crippen LogP contribution in [0.25, 0.3) is 0 Å². The molecular weight excluding hydrogens is 278 g/mol. The van der Waals surface area contributed by atoms with E-state index in [1.165, 1.54) is 25.7 Å². The van der Waals surface area contributed by atoms with Crippen LogP contribution >= 0.6 is 0 Å². The molecule has 22 heavy (non-hydrogen) atoms. The van der Waals surface area contributed by atoms with Crippen molar-refractivity contribution < 1.29 is 4.79 Å². The highest BCUT2D eigenvalue weighted by Crippen LogP contribution is 2.23. The van der Waals surface area contributed by atoms with Gasteiger partial charge in [-0.3, -0.25) is 4.79 Å². The van der Waals surface area contributed by atoms with E-state index in [1.54, 1.807) is 6.92 Å². The maximum Gasteiger partial charge on any atom is 0.227 e. The molecule has 6 nitrogen and oxygen atoms in total. The molecule has 0 atom stereocenters. The van der Waals surface area contributed by atoms with Crippen molar-refractivity contribution in [2.24, 2.45) is 0 Å². The van der Waals surface area contributed by atoms with Crippen molar-refractivity contribution in [3.63, 3.8) is 0 Å². The van der Waals surface area contributed by atoms with Gasteiger partial charge in [-0.1, -0.05) is 12.8 Å². The molecule has 2 aliphatic rings. The minimum absolute atomic E-state index is 0.147. The molecule has 6 heteroatoms. The van der Waals surface area contributed by atoms with Crippen LogP contribution in [0.4, 0.5) is 11.8 Å². The molecule has 0 spiro atoms. The van der Waals surface area contributed by atoms with E-state index < -0.39 is 0 Å². The van der Waals surface area contributed by atoms with Crippen LogP contribution in [-0.2, 0) is 4.79 Å². The highest BCUT2D eigenvalue weighted by molar-refractivity contribution is 5.73. The van der Waals surface area contributed by atoms with Gasteiger partial charge >= 0.3 is 0 Å². The third kappa shape index (κ3) is 3.48. The average Bonchev–Trinajstić information content (AvgIpc) is 2.99. The summed E-state index contributed by atoms with van der Waals surface area (Å²) in [7, 11) is 0. The van der Waals surface area contributed by atoms with Crippen LogP contribution in [0.15, 0.2) is 6.07 Å². The summed E-state index contributed by atoms with van der Waals surface area (Å²) in [6, 6.07) is 2.57. The van der Waals surface area contributed by atoms with Crippen LogP contribution in [0, 0.1) is 6.92 Å². The summed E-state index contributed by atoms with van der Waals surface area (Å²) in [5, 5.41) is 3.55. The lowest BCUT2D eigenvalue weighted by atomic mass is 10.2. The van der Waals surface area contributed by atoms with E-state index in [0.29, 0.717) is 6.04 Å². The zero-order chi connectivity index (χ0) is 15.5. The number of aryl methyl sites for hydroxylation is 1. The van der Waals surface area contributed by atoms with Gasteiger partial charge in [-0.15, -0.1) is 0 Å². The zero-order valence-corrected chi connectivity index (χ0v) is 13.5. The molecular formula is C16H25N5O. The Morgan fingerprint density at radius 2 is 1.86 bits per heavy atom. The number of aromatic nitrogens is 2. The summed E-state index contributed by atoms with van der Waals surface area (Å²) in [6.45, 7) is 6.73. The Hall–Kier alpha value is -1.85. The summed E-state index contributed by atoms with van der Waals surface area (Å²) >= 11 is 0. The molecule has 0 radical (unpaired) electrons. The van der Waals surface area contributed by atoms with E-state index >= 15 is 0 Å². The third-order valence-electron chi connectivity index (χ3n) is 4.56. The fraction of sp³-hybridized carbons (Fsp3) is 0.688. The molecule has 1 saturated carbocycles. The van der Waals surface area contributed by atoms with E-state index in [1.807, 2.05) is 17.9 Å². The van der Waals surface area contributed by atoms with Gasteiger partial charge in [0, 0.05) is 50.9 Å². The molecule has 1 amide bonds. The zero-order valence-electron chi connectivity index (χ0n) is 13.5. The van der Waals surface area contributed by atoms with Crippen LogP contribution in [0.5, 0.6) is 0 Å². The molecule has 2 heterocycles. The van der Waals surface area contributed by atoms with Gasteiger partial charge in [-0.05, 0) is 19.8 Å². The molecule has 0 bridgehead atoms. The van der Waals surface area contributed by atoms with Gasteiger partial charge < -0.3 is 15.1 Å². The van der Waals surface area contributed by atoms with Crippen molar-refractivity contribution in [1.82, 2.24) is 14.9 Å². The summed E-state index contributed by atoms with van der Waals surface area (Å²) in [4.78, 5) is 24.7. The number of carbonyl (C=O) groups excluding carboxylic acids is 1. The van der Waals surface area contributed by atoms with Gasteiger partial charge in [0.25, 0.3) is 0 Å². The first-order valence-electron chi connectivity index (χ1n) is 8.24. The second-order valence-corrected chi connectivity index (χ2v) is 6.31. The average molecular weight is 303 g/mol. The van der Waals surface area contributed by atoms with E-state index in [4.69, 9.17) is 4.98 Å². The Balaban J connectivity index is 1.68. The molecule has 120 valence electrons. The van der Waals surface area contributed by atoms with Crippen molar-refractivity contribution in [1.29, 1.82) is 0 Å². The number of hydrogen-bond donors (Lipinski definition) is 1. The van der Waals surface area contributed by atoms with Crippen LogP contribution in [0.3, 0.4) is 0 Å². The second kappa shape index (κ2) is 6.50. The van der Waals surface area contributed by atoms with Crippen LogP contribution in [0.1, 0.15) is 38.3 Å². The molecule has 1 saturated heterocycles. The molecule has 0 aromatic carbocycles. The highest BCUT2D eigenvalue weighted by Gasteiger charge is 2.21. The standard InChI is InChI=1S/C16H25N5O/c1-12-11-15(18-14-5-3-4-6-14)19-16(17-12)21-9-7-20(8-10-21)13(2)22/h11,14H,3-10H2,1-2H3,(H,17,18,19). The Morgan fingerprint density at radius 1 is 1.18 bits per heavy atom. The quantitative estimate of drug-likeness (QED) is 0.923. The van der Waals surface area contributed by atoms with Crippen molar-refractivity contribution in [3.8, 4) is 0 Å². The first-order chi connectivity index (χ1) is 10.6. The van der Waals surface area contributed by atoms with Gasteiger partial charge in [0.15, 0.2) is 0 Å². The number of nitrogens with one attached hydrogen (secondary N) is 1. The number of rotatable bonds is 3. The monoisotopic (exact) mass is 303 g/mol. The van der Waals surface area contributed by atoms with Crippen molar-refractivity contribution in [2.45, 2.75) is 45.6 Å². The molecule has 3 rings (SSSR count). The number of hydrogen-bond acceptors (Lipinski definition) is 5. The summed E-state index contributed by atoms with van der Waals surface area (Å²) in [6.07, 6.45) is 5.08. The van der Waals surface area contributed by atoms with Crippen LogP contribution in [-0.4, -0.2) is 53.0 Å². The molecule has 1 aromatic heterocycles. The summed E-state index contributed by atoms with van der Waals surface area (Å²) in [5.41, 5.74) is 0.986. The van der Waals surface area contributed by atoms with Gasteiger partial charge in [-0.2, -0.15) is 4.98 Å². The first kappa shape index (κ1) is 15.1. The van der Waals surface area contributed by atoms with Gasteiger partial charge in [0.2, 0.25) is 11.9 Å². The fourth-order valence-corrected chi connectivity index (χ4v) is 3.27. The third-order valence-corrected chi connectivity index (χ3v) is 4.56. The SMILES string of the molecule is CC(=O)N1CCN(c2nc(C)cc(NC3CCCC3)n2)CC1. The van der Waals surface area contributed by atoms with E-state index in [9.17, 15) is 4.79 Å². The number of carbonyl (C=O) groups is 1. The predicted molar refractivity (Wildman–Crippen MR) is 87.1 cm³/mol. The maximum absolute atomic E-state index is 11.4. The fourth-order valence-electron chi connectivity index (χ4n) is 3.27. The minimum atomic E-state index is 0.147. The smallest absolute Gasteiger partial charge is 0.227 e. The predicted octanol–water partition coefficient (Wildman–Crippen LogP) is 1.81. The lowest BCUT2D eigenvalue weighted by Gasteiger charge is -2.34. The Morgan fingerprint density at radius 3 is 2.50 bits per heavy atom. The number of amides is 1. The molecule has 1 aliphatic carbocycles. The normalized spacial score (nSPS) is 19.5. The highest BCUT2D eigenvalue weighted by atomic mass is 16.2. The lowest BCUT2D eigenvalue weighted by Crippen LogP contribution is -2.48. The number of piperazine rings is 1. The summed E-state index contributed by atoms with van der Waals surface area (Å²) in [5.74, 6) is 1.86. The molecule has 1 aliphatic heterocycles. The first-order valence-corrected chi connectivity index (χ1v) is 8.24.